The number of amides is 1. The molecule has 0 aromatic heterocycles. The molecule has 1 atom stereocenters. The zero-order valence-corrected chi connectivity index (χ0v) is 13.5. The van der Waals surface area contributed by atoms with Gasteiger partial charge >= 0.3 is 0 Å². The second-order valence-corrected chi connectivity index (χ2v) is 6.20. The van der Waals surface area contributed by atoms with Crippen molar-refractivity contribution in [1.82, 2.24) is 10.6 Å². The van der Waals surface area contributed by atoms with Gasteiger partial charge in [0.05, 0.1) is 5.02 Å². The van der Waals surface area contributed by atoms with E-state index in [4.69, 9.17) is 16.3 Å². The molecule has 110 valence electrons. The van der Waals surface area contributed by atoms with Crippen LogP contribution in [0.4, 0.5) is 0 Å². The number of halogens is 2. The van der Waals surface area contributed by atoms with E-state index in [1.165, 1.54) is 6.42 Å². The summed E-state index contributed by atoms with van der Waals surface area (Å²) >= 11 is 9.34. The van der Waals surface area contributed by atoms with E-state index < -0.39 is 0 Å². The summed E-state index contributed by atoms with van der Waals surface area (Å²) in [5, 5.41) is 6.71. The standard InChI is InChI=1S/C14H18BrClN2O2/c15-11-3-4-13(12(16)6-11)20-9-14(19)18-8-10-2-1-5-17-7-10/h3-4,6,10,17H,1-2,5,7-9H2,(H,18,19). The van der Waals surface area contributed by atoms with E-state index >= 15 is 0 Å². The molecular weight excluding hydrogens is 344 g/mol. The molecule has 0 radical (unpaired) electrons. The predicted octanol–water partition coefficient (Wildman–Crippen LogP) is 2.60. The summed E-state index contributed by atoms with van der Waals surface area (Å²) < 4.78 is 6.29. The highest BCUT2D eigenvalue weighted by Gasteiger charge is 2.14. The van der Waals surface area contributed by atoms with E-state index in [2.05, 4.69) is 26.6 Å². The van der Waals surface area contributed by atoms with Gasteiger partial charge in [-0.15, -0.1) is 0 Å². The molecular formula is C14H18BrClN2O2. The zero-order valence-electron chi connectivity index (χ0n) is 11.1. The lowest BCUT2D eigenvalue weighted by Crippen LogP contribution is -2.39. The lowest BCUT2D eigenvalue weighted by Gasteiger charge is -2.22. The van der Waals surface area contributed by atoms with Crippen LogP contribution < -0.4 is 15.4 Å². The molecule has 0 bridgehead atoms. The molecule has 2 rings (SSSR count). The lowest BCUT2D eigenvalue weighted by molar-refractivity contribution is -0.123. The molecule has 1 unspecified atom stereocenters. The van der Waals surface area contributed by atoms with Crippen LogP contribution in [-0.4, -0.2) is 32.1 Å². The third-order valence-electron chi connectivity index (χ3n) is 3.24. The second-order valence-electron chi connectivity index (χ2n) is 4.88. The average Bonchev–Trinajstić information content (AvgIpc) is 2.45. The van der Waals surface area contributed by atoms with Crippen LogP contribution >= 0.6 is 27.5 Å². The van der Waals surface area contributed by atoms with E-state index in [0.29, 0.717) is 23.2 Å². The first-order valence-corrected chi connectivity index (χ1v) is 7.87. The molecule has 1 aromatic carbocycles. The van der Waals surface area contributed by atoms with Gasteiger partial charge in [-0.1, -0.05) is 27.5 Å². The van der Waals surface area contributed by atoms with Crippen molar-refractivity contribution in [3.05, 3.63) is 27.7 Å². The Morgan fingerprint density at radius 3 is 3.10 bits per heavy atom. The predicted molar refractivity (Wildman–Crippen MR) is 83.3 cm³/mol. The van der Waals surface area contributed by atoms with Gasteiger partial charge in [-0.2, -0.15) is 0 Å². The van der Waals surface area contributed by atoms with Gasteiger partial charge in [-0.3, -0.25) is 4.79 Å². The Balaban J connectivity index is 1.71. The Morgan fingerprint density at radius 1 is 1.55 bits per heavy atom. The van der Waals surface area contributed by atoms with Gasteiger partial charge in [-0.25, -0.2) is 0 Å². The summed E-state index contributed by atoms with van der Waals surface area (Å²) in [7, 11) is 0. The van der Waals surface area contributed by atoms with Crippen LogP contribution in [0.15, 0.2) is 22.7 Å². The minimum absolute atomic E-state index is 0.0124. The fraction of sp³-hybridized carbons (Fsp3) is 0.500. The molecule has 1 aromatic rings. The number of benzene rings is 1. The Labute approximate surface area is 132 Å². The Bertz CT molecular complexity index is 464. The molecule has 4 nitrogen and oxygen atoms in total. The first kappa shape index (κ1) is 15.6. The smallest absolute Gasteiger partial charge is 0.257 e. The van der Waals surface area contributed by atoms with Crippen LogP contribution in [-0.2, 0) is 4.79 Å². The topological polar surface area (TPSA) is 50.4 Å². The van der Waals surface area contributed by atoms with E-state index in [9.17, 15) is 4.79 Å². The summed E-state index contributed by atoms with van der Waals surface area (Å²) in [5.74, 6) is 0.919. The Hall–Kier alpha value is -0.780. The van der Waals surface area contributed by atoms with Crippen molar-refractivity contribution in [2.24, 2.45) is 5.92 Å². The third kappa shape index (κ3) is 4.96. The molecule has 0 saturated carbocycles. The van der Waals surface area contributed by atoms with Gasteiger partial charge < -0.3 is 15.4 Å². The van der Waals surface area contributed by atoms with Gasteiger partial charge in [0, 0.05) is 11.0 Å². The molecule has 20 heavy (non-hydrogen) atoms. The third-order valence-corrected chi connectivity index (χ3v) is 4.03. The average molecular weight is 362 g/mol. The van der Waals surface area contributed by atoms with Crippen LogP contribution in [0.25, 0.3) is 0 Å². The Morgan fingerprint density at radius 2 is 2.40 bits per heavy atom. The number of carbonyl (C=O) groups excluding carboxylic acids is 1. The van der Waals surface area contributed by atoms with Gasteiger partial charge in [-0.05, 0) is 50.0 Å². The van der Waals surface area contributed by atoms with Crippen molar-refractivity contribution in [3.63, 3.8) is 0 Å². The summed E-state index contributed by atoms with van der Waals surface area (Å²) in [6.07, 6.45) is 2.33. The number of ether oxygens (including phenoxy) is 1. The molecule has 0 spiro atoms. The number of hydrogen-bond donors (Lipinski definition) is 2. The number of piperidine rings is 1. The van der Waals surface area contributed by atoms with Crippen molar-refractivity contribution in [2.45, 2.75) is 12.8 Å². The minimum Gasteiger partial charge on any atom is -0.482 e. The number of hydrogen-bond acceptors (Lipinski definition) is 3. The van der Waals surface area contributed by atoms with Gasteiger partial charge in [0.25, 0.3) is 5.91 Å². The molecule has 2 N–H and O–H groups in total. The number of rotatable bonds is 5. The Kier molecular flexibility index (Phi) is 6.13. The first-order valence-electron chi connectivity index (χ1n) is 6.70. The first-order chi connectivity index (χ1) is 9.65. The van der Waals surface area contributed by atoms with Crippen LogP contribution in [0.1, 0.15) is 12.8 Å². The van der Waals surface area contributed by atoms with Crippen molar-refractivity contribution in [3.8, 4) is 5.75 Å². The number of carbonyl (C=O) groups is 1. The van der Waals surface area contributed by atoms with E-state index in [-0.39, 0.29) is 12.5 Å². The van der Waals surface area contributed by atoms with Crippen molar-refractivity contribution >= 4 is 33.4 Å². The molecule has 1 aliphatic heterocycles. The molecule has 1 fully saturated rings. The maximum Gasteiger partial charge on any atom is 0.257 e. The highest BCUT2D eigenvalue weighted by Crippen LogP contribution is 2.27. The fourth-order valence-electron chi connectivity index (χ4n) is 2.14. The molecule has 1 saturated heterocycles. The largest absolute Gasteiger partial charge is 0.482 e. The van der Waals surface area contributed by atoms with Crippen molar-refractivity contribution < 1.29 is 9.53 Å². The van der Waals surface area contributed by atoms with Crippen LogP contribution in [0, 0.1) is 5.92 Å². The summed E-state index contributed by atoms with van der Waals surface area (Å²) in [6.45, 7) is 2.74. The van der Waals surface area contributed by atoms with Crippen LogP contribution in [0.2, 0.25) is 5.02 Å². The summed E-state index contributed by atoms with van der Waals surface area (Å²) in [4.78, 5) is 11.7. The van der Waals surface area contributed by atoms with E-state index in [0.717, 1.165) is 24.0 Å². The minimum atomic E-state index is -0.116. The molecule has 0 aliphatic carbocycles. The highest BCUT2D eigenvalue weighted by molar-refractivity contribution is 9.10. The fourth-order valence-corrected chi connectivity index (χ4v) is 2.87. The van der Waals surface area contributed by atoms with Gasteiger partial charge in [0.2, 0.25) is 0 Å². The SMILES string of the molecule is O=C(COc1ccc(Br)cc1Cl)NCC1CCCNC1. The quantitative estimate of drug-likeness (QED) is 0.847. The lowest BCUT2D eigenvalue weighted by atomic mass is 10.00. The maximum absolute atomic E-state index is 11.7. The summed E-state index contributed by atoms with van der Waals surface area (Å²) in [5.41, 5.74) is 0. The van der Waals surface area contributed by atoms with E-state index in [1.807, 2.05) is 6.07 Å². The van der Waals surface area contributed by atoms with Gasteiger partial charge in [0.15, 0.2) is 6.61 Å². The summed E-state index contributed by atoms with van der Waals surface area (Å²) in [6, 6.07) is 5.31. The van der Waals surface area contributed by atoms with Crippen molar-refractivity contribution in [1.29, 1.82) is 0 Å². The molecule has 1 amide bonds. The number of nitrogens with one attached hydrogen (secondary N) is 2. The molecule has 1 aliphatic rings. The maximum atomic E-state index is 11.7. The molecule has 1 heterocycles. The van der Waals surface area contributed by atoms with Gasteiger partial charge in [0.1, 0.15) is 5.75 Å². The zero-order chi connectivity index (χ0) is 14.4. The van der Waals surface area contributed by atoms with E-state index in [1.54, 1.807) is 12.1 Å². The highest BCUT2D eigenvalue weighted by atomic mass is 79.9. The van der Waals surface area contributed by atoms with Crippen molar-refractivity contribution in [2.75, 3.05) is 26.2 Å². The van der Waals surface area contributed by atoms with Crippen LogP contribution in [0.5, 0.6) is 5.75 Å². The second kappa shape index (κ2) is 7.86. The van der Waals surface area contributed by atoms with Crippen LogP contribution in [0.3, 0.4) is 0 Å². The normalized spacial score (nSPS) is 18.6. The molecule has 6 heteroatoms. The monoisotopic (exact) mass is 360 g/mol.